The molecule has 35 heavy (non-hydrogen) atoms. The minimum absolute atomic E-state index is 0.286. The van der Waals surface area contributed by atoms with Gasteiger partial charge in [0.25, 0.3) is 5.91 Å². The van der Waals surface area contributed by atoms with E-state index in [2.05, 4.69) is 34.5 Å². The number of nitrogen functional groups attached to an aromatic ring is 1. The second-order valence-electron chi connectivity index (χ2n) is 8.39. The molecular weight excluding hydrogens is 462 g/mol. The predicted molar refractivity (Wildman–Crippen MR) is 138 cm³/mol. The van der Waals surface area contributed by atoms with Crippen LogP contribution in [0.2, 0.25) is 0 Å². The molecule has 0 saturated carbocycles. The Labute approximate surface area is 208 Å². The molecule has 180 valence electrons. The van der Waals surface area contributed by atoms with Crippen LogP contribution in [0.25, 0.3) is 0 Å². The molecule has 0 unspecified atom stereocenters. The Kier molecular flexibility index (Phi) is 7.17. The molecule has 1 amide bonds. The van der Waals surface area contributed by atoms with Crippen molar-refractivity contribution in [3.05, 3.63) is 63.6 Å². The molecule has 0 bridgehead atoms. The van der Waals surface area contributed by atoms with E-state index in [0.717, 1.165) is 21.9 Å². The summed E-state index contributed by atoms with van der Waals surface area (Å²) in [6, 6.07) is 12.9. The third kappa shape index (κ3) is 5.53. The fourth-order valence-corrected chi connectivity index (χ4v) is 4.72. The van der Waals surface area contributed by atoms with Gasteiger partial charge in [-0.2, -0.15) is 5.26 Å². The van der Waals surface area contributed by atoms with Gasteiger partial charge in [-0.05, 0) is 47.9 Å². The Morgan fingerprint density at radius 3 is 2.74 bits per heavy atom. The van der Waals surface area contributed by atoms with Crippen molar-refractivity contribution in [2.75, 3.05) is 24.7 Å². The molecule has 2 aromatic carbocycles. The minimum atomic E-state index is -0.286. The quantitative estimate of drug-likeness (QED) is 0.161. The van der Waals surface area contributed by atoms with E-state index >= 15 is 0 Å². The van der Waals surface area contributed by atoms with Gasteiger partial charge in [0.05, 0.1) is 36.4 Å². The van der Waals surface area contributed by atoms with Gasteiger partial charge in [0.1, 0.15) is 5.75 Å². The van der Waals surface area contributed by atoms with E-state index in [4.69, 9.17) is 10.5 Å². The number of guanidine groups is 1. The number of thiazole rings is 1. The van der Waals surface area contributed by atoms with Crippen molar-refractivity contribution in [2.45, 2.75) is 32.7 Å². The molecule has 2 heterocycles. The Bertz CT molecular complexity index is 1290. The van der Waals surface area contributed by atoms with E-state index in [1.165, 1.54) is 11.3 Å². The zero-order valence-electron chi connectivity index (χ0n) is 19.8. The van der Waals surface area contributed by atoms with Crippen LogP contribution in [0.3, 0.4) is 0 Å². The van der Waals surface area contributed by atoms with Crippen LogP contribution in [0.5, 0.6) is 5.75 Å². The van der Waals surface area contributed by atoms with E-state index in [0.29, 0.717) is 53.5 Å². The van der Waals surface area contributed by atoms with Crippen molar-refractivity contribution in [3.8, 4) is 11.9 Å². The van der Waals surface area contributed by atoms with Crippen LogP contribution in [0.1, 0.15) is 45.7 Å². The molecule has 9 nitrogen and oxygen atoms in total. The van der Waals surface area contributed by atoms with Gasteiger partial charge in [0.15, 0.2) is 11.2 Å². The topological polar surface area (TPSA) is 129 Å². The first-order chi connectivity index (χ1) is 16.9. The van der Waals surface area contributed by atoms with Crippen molar-refractivity contribution in [3.63, 3.8) is 0 Å². The van der Waals surface area contributed by atoms with E-state index in [-0.39, 0.29) is 5.91 Å². The third-order valence-electron chi connectivity index (χ3n) is 5.69. The van der Waals surface area contributed by atoms with Crippen LogP contribution >= 0.6 is 11.3 Å². The first-order valence-electron chi connectivity index (χ1n) is 11.2. The van der Waals surface area contributed by atoms with Crippen molar-refractivity contribution in [1.29, 1.82) is 5.26 Å². The number of aliphatic imine (C=N–C) groups is 1. The number of amides is 1. The number of carbonyl (C=O) groups is 1. The molecule has 0 saturated heterocycles. The van der Waals surface area contributed by atoms with E-state index in [1.54, 1.807) is 7.11 Å². The monoisotopic (exact) mass is 489 g/mol. The second-order valence-corrected chi connectivity index (χ2v) is 9.47. The smallest absolute Gasteiger partial charge is 0.284 e. The molecule has 4 rings (SSSR count). The summed E-state index contributed by atoms with van der Waals surface area (Å²) in [5, 5.41) is 15.2. The molecule has 1 aliphatic heterocycles. The molecule has 0 aliphatic carbocycles. The lowest BCUT2D eigenvalue weighted by Crippen LogP contribution is -2.42. The first-order valence-corrected chi connectivity index (χ1v) is 12.0. The summed E-state index contributed by atoms with van der Waals surface area (Å²) in [6.07, 6.45) is 2.60. The maximum absolute atomic E-state index is 13.0. The van der Waals surface area contributed by atoms with Gasteiger partial charge in [-0.3, -0.25) is 10.1 Å². The molecule has 3 aromatic rings. The van der Waals surface area contributed by atoms with Gasteiger partial charge >= 0.3 is 0 Å². The Morgan fingerprint density at radius 1 is 1.29 bits per heavy atom. The van der Waals surface area contributed by atoms with E-state index in [9.17, 15) is 10.1 Å². The first kappa shape index (κ1) is 24.0. The number of methoxy groups -OCH3 is 1. The van der Waals surface area contributed by atoms with Crippen molar-refractivity contribution < 1.29 is 9.53 Å². The zero-order chi connectivity index (χ0) is 24.9. The summed E-state index contributed by atoms with van der Waals surface area (Å²) >= 11 is 1.34. The average molecular weight is 490 g/mol. The predicted octanol–water partition coefficient (Wildman–Crippen LogP) is 4.23. The van der Waals surface area contributed by atoms with Crippen LogP contribution in [-0.2, 0) is 13.0 Å². The van der Waals surface area contributed by atoms with Crippen molar-refractivity contribution in [2.24, 2.45) is 4.99 Å². The number of aromatic nitrogens is 1. The fourth-order valence-electron chi connectivity index (χ4n) is 3.70. The summed E-state index contributed by atoms with van der Waals surface area (Å²) in [5.74, 6) is 1.21. The van der Waals surface area contributed by atoms with Gasteiger partial charge in [0.2, 0.25) is 5.96 Å². The van der Waals surface area contributed by atoms with Crippen LogP contribution in [-0.4, -0.2) is 35.4 Å². The average Bonchev–Trinajstić information content (AvgIpc) is 3.29. The Balaban J connectivity index is 1.51. The number of nitriles is 1. The van der Waals surface area contributed by atoms with Crippen molar-refractivity contribution >= 4 is 40.3 Å². The van der Waals surface area contributed by atoms with Gasteiger partial charge in [-0.1, -0.05) is 19.9 Å². The van der Waals surface area contributed by atoms with Gasteiger partial charge in [-0.25, -0.2) is 9.98 Å². The third-order valence-corrected chi connectivity index (χ3v) is 6.77. The molecule has 0 fully saturated rings. The van der Waals surface area contributed by atoms with Crippen LogP contribution in [0.4, 0.5) is 17.1 Å². The van der Waals surface area contributed by atoms with Gasteiger partial charge in [-0.15, -0.1) is 11.3 Å². The lowest BCUT2D eigenvalue weighted by Gasteiger charge is -2.28. The van der Waals surface area contributed by atoms with Crippen LogP contribution in [0, 0.1) is 11.5 Å². The number of nitrogens with one attached hydrogen (secondary N) is 2. The number of hydrogen-bond acceptors (Lipinski definition) is 7. The molecule has 4 N–H and O–H groups in total. The standard InChI is InChI=1S/C25H27N7O2S/c1-15(2)16-4-9-19(27)21(12-16)30-23(33)24-31-20-10-11-32(13-22(20)35-24)25(28-14-26)29-17-5-7-18(34-3)8-6-17/h4-9,12,15H,10-11,13,27H2,1-3H3,(H,28,29)(H,30,33). The maximum Gasteiger partial charge on any atom is 0.284 e. The number of hydrogen-bond donors (Lipinski definition) is 3. The normalized spacial score (nSPS) is 13.2. The van der Waals surface area contributed by atoms with Gasteiger partial charge in [0, 0.05) is 17.8 Å². The van der Waals surface area contributed by atoms with Crippen LogP contribution in [0.15, 0.2) is 47.5 Å². The number of fused-ring (bicyclic) bond motifs is 1. The Hall–Kier alpha value is -4.10. The minimum Gasteiger partial charge on any atom is -0.497 e. The molecular formula is C25H27N7O2S. The highest BCUT2D eigenvalue weighted by molar-refractivity contribution is 7.13. The zero-order valence-corrected chi connectivity index (χ0v) is 20.6. The highest BCUT2D eigenvalue weighted by atomic mass is 32.1. The molecule has 0 radical (unpaired) electrons. The number of rotatable bonds is 5. The molecule has 10 heteroatoms. The Morgan fingerprint density at radius 2 is 2.06 bits per heavy atom. The number of nitrogens with two attached hydrogens (primary N) is 1. The van der Waals surface area contributed by atoms with E-state index < -0.39 is 0 Å². The number of nitrogens with zero attached hydrogens (tertiary/aromatic N) is 4. The molecule has 0 spiro atoms. The lowest BCUT2D eigenvalue weighted by molar-refractivity contribution is 0.102. The highest BCUT2D eigenvalue weighted by Gasteiger charge is 2.25. The number of anilines is 2. The number of carbonyl (C=O) groups excluding carboxylic acids is 1. The molecule has 1 aliphatic rings. The maximum atomic E-state index is 13.0. The number of ether oxygens (including phenoxy) is 1. The van der Waals surface area contributed by atoms with Crippen molar-refractivity contribution in [1.82, 2.24) is 15.2 Å². The number of benzene rings is 2. The van der Waals surface area contributed by atoms with Gasteiger partial charge < -0.3 is 20.7 Å². The summed E-state index contributed by atoms with van der Waals surface area (Å²) in [5.41, 5.74) is 9.86. The largest absolute Gasteiger partial charge is 0.497 e. The summed E-state index contributed by atoms with van der Waals surface area (Å²) in [7, 11) is 1.60. The highest BCUT2D eigenvalue weighted by Crippen LogP contribution is 2.29. The summed E-state index contributed by atoms with van der Waals surface area (Å²) in [4.78, 5) is 25.1. The summed E-state index contributed by atoms with van der Waals surface area (Å²) in [6.45, 7) is 5.29. The fraction of sp³-hybridized carbons (Fsp3) is 0.280. The van der Waals surface area contributed by atoms with Crippen LogP contribution < -0.4 is 21.1 Å². The molecule has 1 aromatic heterocycles. The molecule has 0 atom stereocenters. The SMILES string of the molecule is COc1ccc(/N=C(/NC#N)N2CCc3nc(C(=O)Nc4cc(C(C)C)ccc4N)sc3C2)cc1. The van der Waals surface area contributed by atoms with E-state index in [1.807, 2.05) is 53.6 Å². The lowest BCUT2D eigenvalue weighted by atomic mass is 10.0. The second kappa shape index (κ2) is 10.4. The summed E-state index contributed by atoms with van der Waals surface area (Å²) < 4.78 is 5.19.